The van der Waals surface area contributed by atoms with Crippen LogP contribution in [0.15, 0.2) is 10.5 Å². The van der Waals surface area contributed by atoms with Gasteiger partial charge >= 0.3 is 0 Å². The van der Waals surface area contributed by atoms with Crippen molar-refractivity contribution < 1.29 is 4.74 Å². The Morgan fingerprint density at radius 3 is 2.71 bits per heavy atom. The van der Waals surface area contributed by atoms with E-state index < -0.39 is 0 Å². The van der Waals surface area contributed by atoms with Gasteiger partial charge in [0.05, 0.1) is 17.7 Å². The lowest BCUT2D eigenvalue weighted by molar-refractivity contribution is 0.138. The topological polar surface area (TPSA) is 58.5 Å². The first-order valence-corrected chi connectivity index (χ1v) is 9.47. The molecule has 0 aliphatic heterocycles. The van der Waals surface area contributed by atoms with Crippen molar-refractivity contribution in [3.05, 3.63) is 16.1 Å². The summed E-state index contributed by atoms with van der Waals surface area (Å²) in [6.45, 7) is 7.53. The molecule has 2 rings (SSSR count). The first kappa shape index (κ1) is 21.6. The van der Waals surface area contributed by atoms with Crippen LogP contribution in [0.5, 0.6) is 0 Å². The summed E-state index contributed by atoms with van der Waals surface area (Å²) >= 11 is 1.67. The minimum atomic E-state index is 0. The molecule has 5 nitrogen and oxygen atoms in total. The van der Waals surface area contributed by atoms with Crippen LogP contribution in [0.4, 0.5) is 0 Å². The van der Waals surface area contributed by atoms with E-state index in [1.165, 1.54) is 30.6 Å². The third-order valence-electron chi connectivity index (χ3n) is 4.70. The molecule has 0 spiro atoms. The average Bonchev–Trinajstić information content (AvgIpc) is 3.18. The van der Waals surface area contributed by atoms with Gasteiger partial charge in [0.1, 0.15) is 0 Å². The lowest BCUT2D eigenvalue weighted by Gasteiger charge is -2.30. The van der Waals surface area contributed by atoms with Crippen LogP contribution in [0.1, 0.15) is 49.6 Å². The highest BCUT2D eigenvalue weighted by Gasteiger charge is 2.33. The highest BCUT2D eigenvalue weighted by molar-refractivity contribution is 14.0. The Morgan fingerprint density at radius 1 is 1.38 bits per heavy atom. The number of thiazole rings is 1. The Labute approximate surface area is 167 Å². The van der Waals surface area contributed by atoms with E-state index in [1.807, 2.05) is 12.4 Å². The van der Waals surface area contributed by atoms with Crippen LogP contribution in [-0.4, -0.2) is 37.7 Å². The van der Waals surface area contributed by atoms with E-state index >= 15 is 0 Å². The van der Waals surface area contributed by atoms with Crippen molar-refractivity contribution in [2.24, 2.45) is 10.4 Å². The molecule has 24 heavy (non-hydrogen) atoms. The molecule has 1 aromatic heterocycles. The number of rotatable bonds is 8. The molecule has 0 amide bonds. The van der Waals surface area contributed by atoms with Crippen LogP contribution in [0.3, 0.4) is 0 Å². The Hall–Kier alpha value is -0.410. The largest absolute Gasteiger partial charge is 0.385 e. The predicted molar refractivity (Wildman–Crippen MR) is 112 cm³/mol. The van der Waals surface area contributed by atoms with Gasteiger partial charge in [-0.15, -0.1) is 35.3 Å². The molecule has 0 bridgehead atoms. The standard InChI is InChI=1S/C17H30N4OS.HI/c1-4-18-16(19-11-15-14(2)21-13-23-15)20-12-17(9-10-22-3)7-5-6-8-17;/h13H,4-12H2,1-3H3,(H2,18,19,20);1H. The van der Waals surface area contributed by atoms with Crippen LogP contribution in [0.25, 0.3) is 0 Å². The van der Waals surface area contributed by atoms with Crippen molar-refractivity contribution in [2.45, 2.75) is 52.5 Å². The van der Waals surface area contributed by atoms with Crippen molar-refractivity contribution >= 4 is 41.3 Å². The molecule has 0 unspecified atom stereocenters. The second kappa shape index (κ2) is 11.3. The Morgan fingerprint density at radius 2 is 2.12 bits per heavy atom. The average molecular weight is 466 g/mol. The number of hydrogen-bond acceptors (Lipinski definition) is 4. The summed E-state index contributed by atoms with van der Waals surface area (Å²) in [5, 5.41) is 6.92. The van der Waals surface area contributed by atoms with E-state index in [0.717, 1.165) is 37.8 Å². The Bertz CT molecular complexity index is 501. The smallest absolute Gasteiger partial charge is 0.191 e. The fourth-order valence-electron chi connectivity index (χ4n) is 3.20. The molecular formula is C17H31IN4OS. The molecule has 2 N–H and O–H groups in total. The quantitative estimate of drug-likeness (QED) is 0.348. The second-order valence-electron chi connectivity index (χ2n) is 6.36. The fourth-order valence-corrected chi connectivity index (χ4v) is 3.90. The maximum atomic E-state index is 5.31. The summed E-state index contributed by atoms with van der Waals surface area (Å²) in [5.74, 6) is 0.906. The number of guanidine groups is 1. The molecule has 1 heterocycles. The Kier molecular flexibility index (Phi) is 10.1. The third kappa shape index (κ3) is 6.48. The maximum absolute atomic E-state index is 5.31. The molecular weight excluding hydrogens is 435 g/mol. The van der Waals surface area contributed by atoms with Crippen molar-refractivity contribution in [1.82, 2.24) is 15.6 Å². The zero-order valence-corrected chi connectivity index (χ0v) is 18.2. The Balaban J connectivity index is 0.00000288. The molecule has 1 aromatic rings. The lowest BCUT2D eigenvalue weighted by Crippen LogP contribution is -2.43. The van der Waals surface area contributed by atoms with Gasteiger partial charge in [0.15, 0.2) is 5.96 Å². The van der Waals surface area contributed by atoms with Crippen LogP contribution in [0, 0.1) is 12.3 Å². The highest BCUT2D eigenvalue weighted by atomic mass is 127. The van der Waals surface area contributed by atoms with Gasteiger partial charge in [-0.3, -0.25) is 0 Å². The molecule has 1 aliphatic carbocycles. The summed E-state index contributed by atoms with van der Waals surface area (Å²) in [4.78, 5) is 10.2. The van der Waals surface area contributed by atoms with Crippen molar-refractivity contribution in [2.75, 3.05) is 26.8 Å². The molecule has 138 valence electrons. The van der Waals surface area contributed by atoms with Gasteiger partial charge in [0.2, 0.25) is 0 Å². The first-order valence-electron chi connectivity index (χ1n) is 8.59. The minimum Gasteiger partial charge on any atom is -0.385 e. The van der Waals surface area contributed by atoms with E-state index in [1.54, 1.807) is 18.4 Å². The van der Waals surface area contributed by atoms with Crippen molar-refractivity contribution in [1.29, 1.82) is 0 Å². The minimum absolute atomic E-state index is 0. The highest BCUT2D eigenvalue weighted by Crippen LogP contribution is 2.40. The van der Waals surface area contributed by atoms with Crippen LogP contribution in [-0.2, 0) is 11.3 Å². The van der Waals surface area contributed by atoms with E-state index in [9.17, 15) is 0 Å². The van der Waals surface area contributed by atoms with E-state index in [2.05, 4.69) is 22.5 Å². The molecule has 0 atom stereocenters. The second-order valence-corrected chi connectivity index (χ2v) is 7.30. The summed E-state index contributed by atoms with van der Waals surface area (Å²) in [7, 11) is 1.79. The van der Waals surface area contributed by atoms with Gasteiger partial charge in [-0.2, -0.15) is 0 Å². The number of aryl methyl sites for hydroxylation is 1. The van der Waals surface area contributed by atoms with Gasteiger partial charge in [0.25, 0.3) is 0 Å². The summed E-state index contributed by atoms with van der Waals surface area (Å²) in [6, 6.07) is 0. The number of hydrogen-bond donors (Lipinski definition) is 2. The van der Waals surface area contributed by atoms with Gasteiger partial charge in [-0.05, 0) is 38.5 Å². The number of nitrogens with zero attached hydrogens (tertiary/aromatic N) is 2. The van der Waals surface area contributed by atoms with Gasteiger partial charge in [-0.25, -0.2) is 9.98 Å². The van der Waals surface area contributed by atoms with E-state index in [-0.39, 0.29) is 24.0 Å². The van der Waals surface area contributed by atoms with Gasteiger partial charge < -0.3 is 15.4 Å². The lowest BCUT2D eigenvalue weighted by atomic mass is 9.83. The zero-order valence-electron chi connectivity index (χ0n) is 15.1. The summed E-state index contributed by atoms with van der Waals surface area (Å²) in [6.07, 6.45) is 6.37. The molecule has 7 heteroatoms. The fraction of sp³-hybridized carbons (Fsp3) is 0.765. The first-order chi connectivity index (χ1) is 11.2. The molecule has 0 saturated heterocycles. The summed E-state index contributed by atoms with van der Waals surface area (Å²) in [5.41, 5.74) is 3.34. The number of aliphatic imine (C=N–C) groups is 1. The normalized spacial score (nSPS) is 16.7. The predicted octanol–water partition coefficient (Wildman–Crippen LogP) is 3.72. The molecule has 1 aliphatic rings. The third-order valence-corrected chi connectivity index (χ3v) is 5.62. The van der Waals surface area contributed by atoms with Crippen LogP contribution in [0.2, 0.25) is 0 Å². The SMILES string of the molecule is CCNC(=NCc1scnc1C)NCC1(CCOC)CCCC1.I. The monoisotopic (exact) mass is 466 g/mol. The number of methoxy groups -OCH3 is 1. The number of nitrogens with one attached hydrogen (secondary N) is 2. The molecule has 1 saturated carbocycles. The molecule has 1 fully saturated rings. The number of aromatic nitrogens is 1. The van der Waals surface area contributed by atoms with Crippen molar-refractivity contribution in [3.8, 4) is 0 Å². The van der Waals surface area contributed by atoms with E-state index in [0.29, 0.717) is 12.0 Å². The van der Waals surface area contributed by atoms with Crippen LogP contribution < -0.4 is 10.6 Å². The number of ether oxygens (including phenoxy) is 1. The van der Waals surface area contributed by atoms with Gasteiger partial charge in [-0.1, -0.05) is 12.8 Å². The van der Waals surface area contributed by atoms with E-state index in [4.69, 9.17) is 9.73 Å². The number of halogens is 1. The van der Waals surface area contributed by atoms with Crippen LogP contribution >= 0.6 is 35.3 Å². The molecule has 0 aromatic carbocycles. The maximum Gasteiger partial charge on any atom is 0.191 e. The molecule has 0 radical (unpaired) electrons. The van der Waals surface area contributed by atoms with Gasteiger partial charge in [0, 0.05) is 31.7 Å². The summed E-state index contributed by atoms with van der Waals surface area (Å²) < 4.78 is 5.31. The zero-order chi connectivity index (χ0) is 16.5. The van der Waals surface area contributed by atoms with Crippen molar-refractivity contribution in [3.63, 3.8) is 0 Å².